The molecule has 1 N–H and O–H groups in total. The number of rotatable bonds is 5. The lowest BCUT2D eigenvalue weighted by atomic mass is 10.0. The number of benzene rings is 2. The van der Waals surface area contributed by atoms with Crippen LogP contribution >= 0.6 is 0 Å². The quantitative estimate of drug-likeness (QED) is 0.805. The second kappa shape index (κ2) is 9.30. The topological polar surface area (TPSA) is 70.1 Å². The molecule has 160 valence electrons. The highest BCUT2D eigenvalue weighted by Crippen LogP contribution is 2.20. The van der Waals surface area contributed by atoms with Crippen molar-refractivity contribution in [1.29, 1.82) is 0 Å². The molecular weight excluding hydrogens is 380 g/mol. The molecule has 1 aliphatic heterocycles. The van der Waals surface area contributed by atoms with Gasteiger partial charge >= 0.3 is 12.1 Å². The number of hydrogen-bond donors (Lipinski definition) is 1. The number of carbonyl (C=O) groups is 2. The Morgan fingerprint density at radius 1 is 1.00 bits per heavy atom. The number of piperazine rings is 1. The van der Waals surface area contributed by atoms with E-state index in [0.29, 0.717) is 13.1 Å². The first kappa shape index (κ1) is 21.8. The molecule has 1 atom stereocenters. The number of carboxylic acids is 1. The van der Waals surface area contributed by atoms with Crippen molar-refractivity contribution in [2.24, 2.45) is 0 Å². The Morgan fingerprint density at radius 3 is 2.27 bits per heavy atom. The summed E-state index contributed by atoms with van der Waals surface area (Å²) in [6.45, 7) is 8.43. The summed E-state index contributed by atoms with van der Waals surface area (Å²) >= 11 is 0. The van der Waals surface area contributed by atoms with Gasteiger partial charge in [-0.15, -0.1) is 0 Å². The van der Waals surface area contributed by atoms with Gasteiger partial charge in [-0.3, -0.25) is 4.90 Å². The van der Waals surface area contributed by atoms with Crippen LogP contribution in [0.1, 0.15) is 42.3 Å². The number of carbonyl (C=O) groups excluding carboxylic acids is 1. The standard InChI is InChI=1S/C24H30N2O4/c1-24(2,3)30-23(29)26-14-13-25(16-19-9-11-20(12-10-19)22(27)28)17-21(26)15-18-7-5-4-6-8-18/h4-12,21H,13-17H2,1-3H3,(H,27,28)/t21-/m0/s1. The molecule has 0 spiro atoms. The fourth-order valence-electron chi connectivity index (χ4n) is 3.70. The van der Waals surface area contributed by atoms with Crippen molar-refractivity contribution in [2.45, 2.75) is 45.4 Å². The van der Waals surface area contributed by atoms with E-state index in [9.17, 15) is 9.59 Å². The summed E-state index contributed by atoms with van der Waals surface area (Å²) < 4.78 is 5.65. The van der Waals surface area contributed by atoms with Gasteiger partial charge in [-0.05, 0) is 50.5 Å². The van der Waals surface area contributed by atoms with Crippen molar-refractivity contribution in [3.63, 3.8) is 0 Å². The van der Waals surface area contributed by atoms with Gasteiger partial charge in [0.1, 0.15) is 5.60 Å². The van der Waals surface area contributed by atoms with Crippen LogP contribution in [0.3, 0.4) is 0 Å². The van der Waals surface area contributed by atoms with Gasteiger partial charge in [0.05, 0.1) is 11.6 Å². The number of nitrogens with zero attached hydrogens (tertiary/aromatic N) is 2. The minimum absolute atomic E-state index is 0.00860. The van der Waals surface area contributed by atoms with Crippen LogP contribution in [0.2, 0.25) is 0 Å². The predicted molar refractivity (Wildman–Crippen MR) is 116 cm³/mol. The first-order valence-corrected chi connectivity index (χ1v) is 10.3. The lowest BCUT2D eigenvalue weighted by Gasteiger charge is -2.42. The zero-order valence-electron chi connectivity index (χ0n) is 17.9. The summed E-state index contributed by atoms with van der Waals surface area (Å²) in [5.41, 5.74) is 2.00. The second-order valence-electron chi connectivity index (χ2n) is 8.75. The van der Waals surface area contributed by atoms with Crippen molar-refractivity contribution in [3.05, 3.63) is 71.3 Å². The lowest BCUT2D eigenvalue weighted by Crippen LogP contribution is -2.56. The van der Waals surface area contributed by atoms with E-state index in [1.165, 1.54) is 5.56 Å². The van der Waals surface area contributed by atoms with E-state index in [-0.39, 0.29) is 17.7 Å². The van der Waals surface area contributed by atoms with Crippen LogP contribution in [0.15, 0.2) is 54.6 Å². The molecule has 0 unspecified atom stereocenters. The van der Waals surface area contributed by atoms with Crippen molar-refractivity contribution in [1.82, 2.24) is 9.80 Å². The van der Waals surface area contributed by atoms with E-state index in [0.717, 1.165) is 25.1 Å². The monoisotopic (exact) mass is 410 g/mol. The molecule has 6 nitrogen and oxygen atoms in total. The van der Waals surface area contributed by atoms with Gasteiger partial charge < -0.3 is 14.7 Å². The van der Waals surface area contributed by atoms with Gasteiger partial charge in [0, 0.05) is 26.2 Å². The number of ether oxygens (including phenoxy) is 1. The zero-order chi connectivity index (χ0) is 21.7. The Bertz CT molecular complexity index is 859. The summed E-state index contributed by atoms with van der Waals surface area (Å²) in [5.74, 6) is -0.921. The van der Waals surface area contributed by atoms with Crippen LogP contribution < -0.4 is 0 Å². The van der Waals surface area contributed by atoms with Crippen LogP contribution in [0.5, 0.6) is 0 Å². The molecule has 1 saturated heterocycles. The van der Waals surface area contributed by atoms with Crippen molar-refractivity contribution in [3.8, 4) is 0 Å². The normalized spacial score (nSPS) is 17.6. The van der Waals surface area contributed by atoms with Gasteiger partial charge in [0.2, 0.25) is 0 Å². The second-order valence-corrected chi connectivity index (χ2v) is 8.75. The molecule has 1 amide bonds. The van der Waals surface area contributed by atoms with E-state index < -0.39 is 11.6 Å². The summed E-state index contributed by atoms with van der Waals surface area (Å²) in [6.07, 6.45) is 0.489. The molecule has 0 bridgehead atoms. The molecule has 30 heavy (non-hydrogen) atoms. The Morgan fingerprint density at radius 2 is 1.67 bits per heavy atom. The molecule has 6 heteroatoms. The summed E-state index contributed by atoms with van der Waals surface area (Å²) in [7, 11) is 0. The molecular formula is C24H30N2O4. The average molecular weight is 411 g/mol. The third-order valence-corrected chi connectivity index (χ3v) is 5.12. The van der Waals surface area contributed by atoms with Crippen LogP contribution in [0.25, 0.3) is 0 Å². The van der Waals surface area contributed by atoms with Crippen molar-refractivity contribution >= 4 is 12.1 Å². The highest BCUT2D eigenvalue weighted by atomic mass is 16.6. The largest absolute Gasteiger partial charge is 0.478 e. The maximum atomic E-state index is 12.8. The van der Waals surface area contributed by atoms with E-state index in [1.54, 1.807) is 12.1 Å². The first-order valence-electron chi connectivity index (χ1n) is 10.3. The maximum absolute atomic E-state index is 12.8. The highest BCUT2D eigenvalue weighted by Gasteiger charge is 2.33. The maximum Gasteiger partial charge on any atom is 0.410 e. The molecule has 1 aliphatic rings. The fourth-order valence-corrected chi connectivity index (χ4v) is 3.70. The van der Waals surface area contributed by atoms with Crippen molar-refractivity contribution < 1.29 is 19.4 Å². The lowest BCUT2D eigenvalue weighted by molar-refractivity contribution is -0.00233. The molecule has 0 aromatic heterocycles. The first-order chi connectivity index (χ1) is 14.2. The molecule has 3 rings (SSSR count). The Balaban J connectivity index is 1.72. The van der Waals surface area contributed by atoms with Gasteiger partial charge in [-0.2, -0.15) is 0 Å². The molecule has 0 aliphatic carbocycles. The van der Waals surface area contributed by atoms with Gasteiger partial charge in [-0.1, -0.05) is 42.5 Å². The summed E-state index contributed by atoms with van der Waals surface area (Å²) in [6, 6.07) is 17.2. The van der Waals surface area contributed by atoms with Crippen LogP contribution in [0.4, 0.5) is 4.79 Å². The average Bonchev–Trinajstić information content (AvgIpc) is 2.68. The van der Waals surface area contributed by atoms with E-state index in [1.807, 2.05) is 56.0 Å². The molecule has 2 aromatic rings. The summed E-state index contributed by atoms with van der Waals surface area (Å²) in [5, 5.41) is 9.07. The Labute approximate surface area is 178 Å². The number of hydrogen-bond acceptors (Lipinski definition) is 4. The fraction of sp³-hybridized carbons (Fsp3) is 0.417. The number of carboxylic acid groups (broad SMARTS) is 1. The van der Waals surface area contributed by atoms with Gasteiger partial charge in [0.15, 0.2) is 0 Å². The van der Waals surface area contributed by atoms with Gasteiger partial charge in [0.25, 0.3) is 0 Å². The van der Waals surface area contributed by atoms with Gasteiger partial charge in [-0.25, -0.2) is 9.59 Å². The van der Waals surface area contributed by atoms with E-state index in [2.05, 4.69) is 17.0 Å². The number of amides is 1. The van der Waals surface area contributed by atoms with Crippen LogP contribution in [-0.2, 0) is 17.7 Å². The van der Waals surface area contributed by atoms with Crippen LogP contribution in [0, 0.1) is 0 Å². The molecule has 0 radical (unpaired) electrons. The summed E-state index contributed by atoms with van der Waals surface area (Å²) in [4.78, 5) is 28.0. The minimum Gasteiger partial charge on any atom is -0.478 e. The minimum atomic E-state index is -0.921. The third-order valence-electron chi connectivity index (χ3n) is 5.12. The van der Waals surface area contributed by atoms with Crippen molar-refractivity contribution in [2.75, 3.05) is 19.6 Å². The van der Waals surface area contributed by atoms with E-state index >= 15 is 0 Å². The smallest absolute Gasteiger partial charge is 0.410 e. The molecule has 2 aromatic carbocycles. The highest BCUT2D eigenvalue weighted by molar-refractivity contribution is 5.87. The molecule has 1 heterocycles. The predicted octanol–water partition coefficient (Wildman–Crippen LogP) is 4.05. The van der Waals surface area contributed by atoms with Crippen LogP contribution in [-0.4, -0.2) is 58.2 Å². The SMILES string of the molecule is CC(C)(C)OC(=O)N1CCN(Cc2ccc(C(=O)O)cc2)C[C@@H]1Cc1ccccc1. The zero-order valence-corrected chi connectivity index (χ0v) is 17.9. The third kappa shape index (κ3) is 6.07. The molecule has 1 fully saturated rings. The Hall–Kier alpha value is -2.86. The number of aromatic carboxylic acids is 1. The molecule has 0 saturated carbocycles. The van der Waals surface area contributed by atoms with E-state index in [4.69, 9.17) is 9.84 Å². The Kier molecular flexibility index (Phi) is 6.77.